The second-order valence-electron chi connectivity index (χ2n) is 14.9. The second-order valence-corrected chi connectivity index (χ2v) is 19.2. The molecule has 242 valence electrons. The van der Waals surface area contributed by atoms with E-state index in [0.29, 0.717) is 25.0 Å². The zero-order valence-corrected chi connectivity index (χ0v) is 28.8. The molecule has 3 fully saturated rings. The third kappa shape index (κ3) is 5.99. The number of allylic oxidation sites excluding steroid dienone is 2. The molecular weight excluding hydrogens is 580 g/mol. The van der Waals surface area contributed by atoms with Gasteiger partial charge in [-0.2, -0.15) is 0 Å². The normalized spacial score (nSPS) is 31.4. The molecule has 6 nitrogen and oxygen atoms in total. The van der Waals surface area contributed by atoms with Crippen LogP contribution in [0, 0.1) is 22.7 Å². The van der Waals surface area contributed by atoms with Crippen LogP contribution in [0.2, 0.25) is 5.04 Å². The van der Waals surface area contributed by atoms with Gasteiger partial charge in [-0.15, -0.1) is 0 Å². The maximum absolute atomic E-state index is 12.6. The SMILES string of the molecule is C=C1CC[C@@H]2[C@](C)(CO[Si](c3ccccc3)(c3ccccc3)C(C)(C)C)[C@H](O)CC[C@@]2(C)[C@@H]1C/C=C1/C(=O)OC[C@H]1OC(C)=O. The average molecular weight is 631 g/mol. The van der Waals surface area contributed by atoms with Gasteiger partial charge < -0.3 is 19.0 Å². The van der Waals surface area contributed by atoms with E-state index in [0.717, 1.165) is 19.3 Å². The fraction of sp³-hybridized carbons (Fsp3) is 0.526. The summed E-state index contributed by atoms with van der Waals surface area (Å²) in [5.41, 5.74) is 0.942. The molecule has 7 heteroatoms. The molecule has 1 saturated heterocycles. The summed E-state index contributed by atoms with van der Waals surface area (Å²) in [6.07, 6.45) is 4.66. The Morgan fingerprint density at radius 3 is 2.22 bits per heavy atom. The van der Waals surface area contributed by atoms with Crippen molar-refractivity contribution in [2.24, 2.45) is 22.7 Å². The first kappa shape index (κ1) is 33.4. The van der Waals surface area contributed by atoms with Crippen LogP contribution in [0.3, 0.4) is 0 Å². The van der Waals surface area contributed by atoms with Crippen molar-refractivity contribution in [3.63, 3.8) is 0 Å². The van der Waals surface area contributed by atoms with Crippen molar-refractivity contribution in [3.8, 4) is 0 Å². The first-order valence-electron chi connectivity index (χ1n) is 16.4. The summed E-state index contributed by atoms with van der Waals surface area (Å²) in [7, 11) is -2.81. The van der Waals surface area contributed by atoms with Crippen LogP contribution in [-0.2, 0) is 23.5 Å². The molecule has 6 atom stereocenters. The number of ether oxygens (including phenoxy) is 2. The number of hydrogen-bond acceptors (Lipinski definition) is 6. The number of carbonyl (C=O) groups excluding carboxylic acids is 2. The summed E-state index contributed by atoms with van der Waals surface area (Å²) < 4.78 is 18.1. The average Bonchev–Trinajstić information content (AvgIpc) is 3.33. The highest BCUT2D eigenvalue weighted by atomic mass is 28.4. The Morgan fingerprint density at radius 2 is 1.67 bits per heavy atom. The van der Waals surface area contributed by atoms with Crippen LogP contribution in [0.4, 0.5) is 0 Å². The molecule has 1 aliphatic heterocycles. The molecule has 45 heavy (non-hydrogen) atoms. The van der Waals surface area contributed by atoms with Gasteiger partial charge in [0, 0.05) is 18.9 Å². The standard InChI is InChI=1S/C38H50O6Si/c1-26-18-21-33-37(6,31(26)20-19-30-32(44-27(2)39)24-42-35(30)41)23-22-34(40)38(33,7)25-43-45(36(3,4)5,28-14-10-8-11-15-28)29-16-12-9-13-17-29/h8-17,19,31-34,40H,1,18,20-25H2,2-7H3/b30-19+/t31-,32-,33+,34-,37+,38+/m1/s1. The first-order valence-corrected chi connectivity index (χ1v) is 18.3. The van der Waals surface area contributed by atoms with Gasteiger partial charge in [0.25, 0.3) is 8.32 Å². The smallest absolute Gasteiger partial charge is 0.337 e. The topological polar surface area (TPSA) is 82.1 Å². The zero-order valence-electron chi connectivity index (χ0n) is 27.8. The van der Waals surface area contributed by atoms with Crippen molar-refractivity contribution in [2.45, 2.75) is 90.9 Å². The van der Waals surface area contributed by atoms with E-state index < -0.39 is 37.9 Å². The van der Waals surface area contributed by atoms with Gasteiger partial charge in [0.05, 0.1) is 11.7 Å². The van der Waals surface area contributed by atoms with Gasteiger partial charge in [0.1, 0.15) is 6.61 Å². The molecule has 3 aliphatic rings. The Balaban J connectivity index is 1.49. The predicted octanol–water partition coefficient (Wildman–Crippen LogP) is 6.12. The molecule has 0 radical (unpaired) electrons. The van der Waals surface area contributed by atoms with Crippen LogP contribution in [0.5, 0.6) is 0 Å². The summed E-state index contributed by atoms with van der Waals surface area (Å²) in [5.74, 6) is -0.571. The molecule has 1 heterocycles. The molecule has 2 aliphatic carbocycles. The van der Waals surface area contributed by atoms with Crippen molar-refractivity contribution in [1.29, 1.82) is 0 Å². The van der Waals surface area contributed by atoms with Gasteiger partial charge in [-0.05, 0) is 64.8 Å². The fourth-order valence-corrected chi connectivity index (χ4v) is 13.5. The predicted molar refractivity (Wildman–Crippen MR) is 180 cm³/mol. The number of rotatable bonds is 8. The van der Waals surface area contributed by atoms with E-state index in [1.807, 2.05) is 6.08 Å². The molecule has 2 saturated carbocycles. The number of esters is 2. The Kier molecular flexibility index (Phi) is 9.38. The van der Waals surface area contributed by atoms with Crippen molar-refractivity contribution in [2.75, 3.05) is 13.2 Å². The third-order valence-electron chi connectivity index (χ3n) is 11.2. The second kappa shape index (κ2) is 12.7. The Bertz CT molecular complexity index is 1390. The van der Waals surface area contributed by atoms with Crippen LogP contribution >= 0.6 is 0 Å². The zero-order chi connectivity index (χ0) is 32.6. The minimum atomic E-state index is -2.81. The van der Waals surface area contributed by atoms with Gasteiger partial charge in [-0.25, -0.2) is 4.79 Å². The third-order valence-corrected chi connectivity index (χ3v) is 16.2. The van der Waals surface area contributed by atoms with Crippen LogP contribution in [0.15, 0.2) is 84.5 Å². The maximum Gasteiger partial charge on any atom is 0.337 e. The number of benzene rings is 2. The van der Waals surface area contributed by atoms with Gasteiger partial charge >= 0.3 is 11.9 Å². The molecule has 0 bridgehead atoms. The fourth-order valence-electron chi connectivity index (χ4n) is 8.86. The van der Waals surface area contributed by atoms with Crippen LogP contribution in [0.25, 0.3) is 0 Å². The molecule has 0 spiro atoms. The minimum Gasteiger partial charge on any atom is -0.458 e. The van der Waals surface area contributed by atoms with Crippen molar-refractivity contribution >= 4 is 30.6 Å². The van der Waals surface area contributed by atoms with E-state index in [1.54, 1.807) is 0 Å². The van der Waals surface area contributed by atoms with E-state index in [1.165, 1.54) is 22.9 Å². The summed E-state index contributed by atoms with van der Waals surface area (Å²) >= 11 is 0. The molecule has 0 unspecified atom stereocenters. The van der Waals surface area contributed by atoms with Gasteiger partial charge in [-0.3, -0.25) is 4.79 Å². The minimum absolute atomic E-state index is 0.0552. The maximum atomic E-state index is 12.6. The number of hydrogen-bond donors (Lipinski definition) is 1. The summed E-state index contributed by atoms with van der Waals surface area (Å²) in [6, 6.07) is 21.3. The van der Waals surface area contributed by atoms with Crippen molar-refractivity contribution < 1.29 is 28.6 Å². The molecule has 0 amide bonds. The highest BCUT2D eigenvalue weighted by Gasteiger charge is 2.59. The summed E-state index contributed by atoms with van der Waals surface area (Å²) in [5, 5.41) is 14.1. The van der Waals surface area contributed by atoms with E-state index >= 15 is 0 Å². The van der Waals surface area contributed by atoms with Crippen molar-refractivity contribution in [1.82, 2.24) is 0 Å². The lowest BCUT2D eigenvalue weighted by Gasteiger charge is -2.61. The van der Waals surface area contributed by atoms with E-state index in [9.17, 15) is 14.7 Å². The largest absolute Gasteiger partial charge is 0.458 e. The van der Waals surface area contributed by atoms with Crippen LogP contribution in [-0.4, -0.2) is 50.8 Å². The van der Waals surface area contributed by atoms with Gasteiger partial charge in [0.2, 0.25) is 0 Å². The molecule has 2 aromatic rings. The molecular formula is C38H50O6Si. The first-order chi connectivity index (χ1) is 21.2. The number of aliphatic hydroxyl groups excluding tert-OH is 1. The van der Waals surface area contributed by atoms with E-state index in [-0.39, 0.29) is 28.9 Å². The molecule has 0 aromatic heterocycles. The van der Waals surface area contributed by atoms with Crippen LogP contribution in [0.1, 0.15) is 73.6 Å². The lowest BCUT2D eigenvalue weighted by atomic mass is 9.46. The number of carbonyl (C=O) groups is 2. The number of aliphatic hydroxyl groups is 1. The van der Waals surface area contributed by atoms with Crippen LogP contribution < -0.4 is 10.4 Å². The van der Waals surface area contributed by atoms with Crippen molar-refractivity contribution in [3.05, 3.63) is 84.5 Å². The van der Waals surface area contributed by atoms with E-state index in [4.69, 9.17) is 13.9 Å². The Hall–Kier alpha value is -3.00. The lowest BCUT2D eigenvalue weighted by molar-refractivity contribution is -0.148. The van der Waals surface area contributed by atoms with Gasteiger partial charge in [-0.1, -0.05) is 114 Å². The van der Waals surface area contributed by atoms with E-state index in [2.05, 4.69) is 102 Å². The quantitative estimate of drug-likeness (QED) is 0.164. The molecule has 1 N–H and O–H groups in total. The highest BCUT2D eigenvalue weighted by molar-refractivity contribution is 6.99. The van der Waals surface area contributed by atoms with Gasteiger partial charge in [0.15, 0.2) is 6.10 Å². The highest BCUT2D eigenvalue weighted by Crippen LogP contribution is 2.62. The summed E-state index contributed by atoms with van der Waals surface area (Å²) in [6.45, 7) is 17.8. The number of fused-ring (bicyclic) bond motifs is 1. The number of cyclic esters (lactones) is 1. The summed E-state index contributed by atoms with van der Waals surface area (Å²) in [4.78, 5) is 24.2. The Labute approximate surface area is 270 Å². The Morgan fingerprint density at radius 1 is 1.07 bits per heavy atom. The molecule has 5 rings (SSSR count). The molecule has 2 aromatic carbocycles. The lowest BCUT2D eigenvalue weighted by Crippen LogP contribution is -2.68. The monoisotopic (exact) mass is 630 g/mol.